The van der Waals surface area contributed by atoms with Crippen LogP contribution in [0, 0.1) is 0 Å². The van der Waals surface area contributed by atoms with Gasteiger partial charge in [0.05, 0.1) is 12.7 Å². The summed E-state index contributed by atoms with van der Waals surface area (Å²) in [5.41, 5.74) is 0.848. The molecule has 1 aromatic heterocycles. The molecule has 2 rings (SSSR count). The number of aromatic nitrogens is 1. The van der Waals surface area contributed by atoms with Gasteiger partial charge in [-0.25, -0.2) is 9.78 Å². The molecule has 0 bridgehead atoms. The van der Waals surface area contributed by atoms with Gasteiger partial charge in [-0.2, -0.15) is 0 Å². The average Bonchev–Trinajstić information content (AvgIpc) is 2.48. The van der Waals surface area contributed by atoms with Gasteiger partial charge in [-0.05, 0) is 36.4 Å². The average molecular weight is 335 g/mol. The number of rotatable bonds is 3. The largest absolute Gasteiger partial charge is 0.465 e. The number of benzene rings is 1. The van der Waals surface area contributed by atoms with Crippen molar-refractivity contribution in [3.05, 3.63) is 58.2 Å². The number of carbonyl (C=O) groups excluding carboxylic acids is 2. The Morgan fingerprint density at radius 1 is 1.10 bits per heavy atom. The van der Waals surface area contributed by atoms with Crippen LogP contribution in [0.2, 0.25) is 0 Å². The Morgan fingerprint density at radius 2 is 1.75 bits per heavy atom. The predicted molar refractivity (Wildman–Crippen MR) is 77.7 cm³/mol. The van der Waals surface area contributed by atoms with Crippen LogP contribution in [0.3, 0.4) is 0 Å². The highest BCUT2D eigenvalue weighted by atomic mass is 79.9. The van der Waals surface area contributed by atoms with Crippen molar-refractivity contribution in [1.82, 2.24) is 4.98 Å². The SMILES string of the molecule is COC(=O)c1ccc(NC(=O)c2ccc(Br)cc2)nc1. The molecule has 1 amide bonds. The number of nitrogens with one attached hydrogen (secondary N) is 1. The lowest BCUT2D eigenvalue weighted by molar-refractivity contribution is 0.0600. The molecule has 6 heteroatoms. The van der Waals surface area contributed by atoms with Gasteiger partial charge in [0.25, 0.3) is 5.91 Å². The first kappa shape index (κ1) is 14.2. The second kappa shape index (κ2) is 6.29. The van der Waals surface area contributed by atoms with Crippen LogP contribution in [-0.4, -0.2) is 24.0 Å². The Balaban J connectivity index is 2.08. The number of methoxy groups -OCH3 is 1. The summed E-state index contributed by atoms with van der Waals surface area (Å²) in [6.45, 7) is 0. The Morgan fingerprint density at radius 3 is 2.30 bits per heavy atom. The lowest BCUT2D eigenvalue weighted by Gasteiger charge is -2.05. The fourth-order valence-corrected chi connectivity index (χ4v) is 1.76. The van der Waals surface area contributed by atoms with Crippen molar-refractivity contribution < 1.29 is 14.3 Å². The lowest BCUT2D eigenvalue weighted by atomic mass is 10.2. The van der Waals surface area contributed by atoms with Gasteiger partial charge in [0.1, 0.15) is 5.82 Å². The molecule has 0 atom stereocenters. The van der Waals surface area contributed by atoms with E-state index in [1.165, 1.54) is 19.4 Å². The van der Waals surface area contributed by atoms with Crippen LogP contribution in [0.15, 0.2) is 47.1 Å². The molecule has 102 valence electrons. The third-order valence-corrected chi connectivity index (χ3v) is 3.06. The highest BCUT2D eigenvalue weighted by molar-refractivity contribution is 9.10. The van der Waals surface area contributed by atoms with Crippen molar-refractivity contribution in [2.75, 3.05) is 12.4 Å². The van der Waals surface area contributed by atoms with Crippen LogP contribution >= 0.6 is 15.9 Å². The zero-order valence-corrected chi connectivity index (χ0v) is 12.2. The van der Waals surface area contributed by atoms with Crippen LogP contribution in [-0.2, 0) is 4.74 Å². The third kappa shape index (κ3) is 3.42. The molecule has 0 saturated heterocycles. The summed E-state index contributed by atoms with van der Waals surface area (Å²) in [5.74, 6) is -0.371. The van der Waals surface area contributed by atoms with Gasteiger partial charge in [-0.15, -0.1) is 0 Å². The van der Waals surface area contributed by atoms with Crippen LogP contribution in [0.25, 0.3) is 0 Å². The van der Waals surface area contributed by atoms with Crippen molar-refractivity contribution in [3.63, 3.8) is 0 Å². The van der Waals surface area contributed by atoms with Crippen molar-refractivity contribution in [2.24, 2.45) is 0 Å². The second-order valence-electron chi connectivity index (χ2n) is 3.88. The van der Waals surface area contributed by atoms with E-state index in [-0.39, 0.29) is 5.91 Å². The smallest absolute Gasteiger partial charge is 0.339 e. The normalized spacial score (nSPS) is 9.90. The molecule has 5 nitrogen and oxygen atoms in total. The second-order valence-corrected chi connectivity index (χ2v) is 4.80. The highest BCUT2D eigenvalue weighted by Crippen LogP contribution is 2.12. The number of esters is 1. The summed E-state index contributed by atoms with van der Waals surface area (Å²) < 4.78 is 5.46. The Labute approximate surface area is 124 Å². The van der Waals surface area contributed by atoms with E-state index in [2.05, 4.69) is 31.0 Å². The number of anilines is 1. The number of carbonyl (C=O) groups is 2. The summed E-state index contributed by atoms with van der Waals surface area (Å²) >= 11 is 3.30. The number of pyridine rings is 1. The summed E-state index contributed by atoms with van der Waals surface area (Å²) in [7, 11) is 1.30. The standard InChI is InChI=1S/C14H11BrN2O3/c1-20-14(19)10-4-7-12(16-8-10)17-13(18)9-2-5-11(15)6-3-9/h2-8H,1H3,(H,16,17,18). The van der Waals surface area contributed by atoms with Gasteiger partial charge in [0.15, 0.2) is 0 Å². The molecule has 2 aromatic rings. The number of amides is 1. The molecular formula is C14H11BrN2O3. The van der Waals surface area contributed by atoms with Crippen LogP contribution in [0.1, 0.15) is 20.7 Å². The molecule has 0 aliphatic heterocycles. The minimum absolute atomic E-state index is 0.268. The van der Waals surface area contributed by atoms with Crippen molar-refractivity contribution in [1.29, 1.82) is 0 Å². The van der Waals surface area contributed by atoms with Gasteiger partial charge in [0, 0.05) is 16.2 Å². The fraction of sp³-hybridized carbons (Fsp3) is 0.0714. The number of hydrogen-bond acceptors (Lipinski definition) is 4. The van der Waals surface area contributed by atoms with Crippen molar-refractivity contribution in [2.45, 2.75) is 0 Å². The van der Waals surface area contributed by atoms with Gasteiger partial charge in [-0.3, -0.25) is 4.79 Å². The Kier molecular flexibility index (Phi) is 4.47. The first-order valence-corrected chi connectivity index (χ1v) is 6.51. The van der Waals surface area contributed by atoms with Crippen LogP contribution < -0.4 is 5.32 Å². The molecule has 20 heavy (non-hydrogen) atoms. The van der Waals surface area contributed by atoms with E-state index in [1.807, 2.05) is 0 Å². The van der Waals surface area contributed by atoms with E-state index in [0.717, 1.165) is 4.47 Å². The molecule has 0 saturated carbocycles. The van der Waals surface area contributed by atoms with E-state index < -0.39 is 5.97 Å². The molecule has 1 N–H and O–H groups in total. The molecule has 0 aliphatic carbocycles. The quantitative estimate of drug-likeness (QED) is 0.876. The van der Waals surface area contributed by atoms with Crippen molar-refractivity contribution in [3.8, 4) is 0 Å². The maximum absolute atomic E-state index is 11.9. The Hall–Kier alpha value is -2.21. The van der Waals surface area contributed by atoms with Gasteiger partial charge in [-0.1, -0.05) is 15.9 Å². The maximum atomic E-state index is 11.9. The van der Waals surface area contributed by atoms with E-state index in [9.17, 15) is 9.59 Å². The van der Waals surface area contributed by atoms with Crippen LogP contribution in [0.5, 0.6) is 0 Å². The molecule has 0 aliphatic rings. The molecule has 0 unspecified atom stereocenters. The first-order chi connectivity index (χ1) is 9.60. The Bertz CT molecular complexity index is 624. The third-order valence-electron chi connectivity index (χ3n) is 2.53. The minimum Gasteiger partial charge on any atom is -0.465 e. The molecule has 0 fully saturated rings. The highest BCUT2D eigenvalue weighted by Gasteiger charge is 2.08. The molecule has 1 aromatic carbocycles. The van der Waals surface area contributed by atoms with E-state index in [4.69, 9.17) is 0 Å². The number of ether oxygens (including phenoxy) is 1. The monoisotopic (exact) mass is 334 g/mol. The zero-order chi connectivity index (χ0) is 14.5. The number of hydrogen-bond donors (Lipinski definition) is 1. The lowest BCUT2D eigenvalue weighted by Crippen LogP contribution is -2.13. The van der Waals surface area contributed by atoms with E-state index >= 15 is 0 Å². The van der Waals surface area contributed by atoms with Gasteiger partial charge >= 0.3 is 5.97 Å². The topological polar surface area (TPSA) is 68.3 Å². The molecule has 0 spiro atoms. The summed E-state index contributed by atoms with van der Waals surface area (Å²) in [4.78, 5) is 27.2. The maximum Gasteiger partial charge on any atom is 0.339 e. The summed E-state index contributed by atoms with van der Waals surface area (Å²) in [6, 6.07) is 10.0. The summed E-state index contributed by atoms with van der Waals surface area (Å²) in [5, 5.41) is 2.64. The van der Waals surface area contributed by atoms with Crippen molar-refractivity contribution >= 4 is 33.6 Å². The predicted octanol–water partition coefficient (Wildman–Crippen LogP) is 2.88. The molecule has 1 heterocycles. The van der Waals surface area contributed by atoms with Crippen LogP contribution in [0.4, 0.5) is 5.82 Å². The van der Waals surface area contributed by atoms with Gasteiger partial charge < -0.3 is 10.1 Å². The first-order valence-electron chi connectivity index (χ1n) is 5.71. The van der Waals surface area contributed by atoms with E-state index in [1.54, 1.807) is 30.3 Å². The minimum atomic E-state index is -0.469. The van der Waals surface area contributed by atoms with Gasteiger partial charge in [0.2, 0.25) is 0 Å². The number of nitrogens with zero attached hydrogens (tertiary/aromatic N) is 1. The molecule has 0 radical (unpaired) electrons. The summed E-state index contributed by atoms with van der Waals surface area (Å²) in [6.07, 6.45) is 1.35. The zero-order valence-electron chi connectivity index (χ0n) is 10.6. The number of halogens is 1. The van der Waals surface area contributed by atoms with E-state index in [0.29, 0.717) is 16.9 Å². The fourth-order valence-electron chi connectivity index (χ4n) is 1.50. The molecular weight excluding hydrogens is 324 g/mol.